The van der Waals surface area contributed by atoms with Crippen LogP contribution >= 0.6 is 0 Å². The molecule has 0 aromatic carbocycles. The lowest BCUT2D eigenvalue weighted by Gasteiger charge is -2.40. The summed E-state index contributed by atoms with van der Waals surface area (Å²) < 4.78 is 0. The lowest BCUT2D eigenvalue weighted by Crippen LogP contribution is -2.45. The van der Waals surface area contributed by atoms with E-state index in [9.17, 15) is 9.59 Å². The molecule has 1 atom stereocenters. The lowest BCUT2D eigenvalue weighted by molar-refractivity contribution is -0.141. The minimum absolute atomic E-state index is 0.0672. The van der Waals surface area contributed by atoms with E-state index < -0.39 is 12.0 Å². The van der Waals surface area contributed by atoms with Crippen molar-refractivity contribution >= 4 is 11.9 Å². The van der Waals surface area contributed by atoms with Crippen LogP contribution in [0.15, 0.2) is 0 Å². The topological polar surface area (TPSA) is 92.4 Å². The van der Waals surface area contributed by atoms with Gasteiger partial charge in [0.15, 0.2) is 0 Å². The minimum atomic E-state index is -1.02. The molecule has 0 heterocycles. The number of hydrogen-bond acceptors (Lipinski definition) is 3. The first-order valence-corrected chi connectivity index (χ1v) is 5.21. The molecule has 5 heteroatoms. The summed E-state index contributed by atoms with van der Waals surface area (Å²) in [6.45, 7) is 1.96. The number of carbonyl (C=O) groups is 2. The Labute approximate surface area is 89.0 Å². The number of nitrogens with one attached hydrogen (secondary N) is 1. The quantitative estimate of drug-likeness (QED) is 0.605. The Morgan fingerprint density at radius 2 is 2.13 bits per heavy atom. The number of carbonyl (C=O) groups excluding carboxylic acids is 1. The highest BCUT2D eigenvalue weighted by Crippen LogP contribution is 2.42. The van der Waals surface area contributed by atoms with Gasteiger partial charge in [0, 0.05) is 6.42 Å². The molecule has 1 rings (SSSR count). The van der Waals surface area contributed by atoms with Gasteiger partial charge in [0.25, 0.3) is 0 Å². The predicted octanol–water partition coefficient (Wildman–Crippen LogP) is 0.0948. The number of hydrogen-bond donors (Lipinski definition) is 3. The van der Waals surface area contributed by atoms with Gasteiger partial charge in [-0.25, -0.2) is 0 Å². The van der Waals surface area contributed by atoms with E-state index in [1.807, 2.05) is 0 Å². The van der Waals surface area contributed by atoms with Crippen LogP contribution in [0.1, 0.15) is 32.6 Å². The molecule has 0 aromatic heterocycles. The van der Waals surface area contributed by atoms with Crippen LogP contribution in [0.25, 0.3) is 0 Å². The smallest absolute Gasteiger partial charge is 0.325 e. The summed E-state index contributed by atoms with van der Waals surface area (Å²) in [5.41, 5.74) is 5.54. The maximum Gasteiger partial charge on any atom is 0.325 e. The standard InChI is InChI=1S/C10H18N2O3/c1-7(9(14)15)12-8(13)5-10(6-11)3-2-4-10/h7H,2-6,11H2,1H3,(H,12,13)(H,14,15). The molecule has 1 amide bonds. The van der Waals surface area contributed by atoms with Crippen LogP contribution in [0.4, 0.5) is 0 Å². The van der Waals surface area contributed by atoms with Crippen LogP contribution in [-0.4, -0.2) is 29.6 Å². The molecule has 86 valence electrons. The molecule has 0 aromatic rings. The van der Waals surface area contributed by atoms with Crippen molar-refractivity contribution in [3.8, 4) is 0 Å². The summed E-state index contributed by atoms with van der Waals surface area (Å²) in [4.78, 5) is 22.0. The molecule has 0 radical (unpaired) electrons. The van der Waals surface area contributed by atoms with Crippen molar-refractivity contribution in [3.63, 3.8) is 0 Å². The fourth-order valence-corrected chi connectivity index (χ4v) is 1.82. The van der Waals surface area contributed by atoms with E-state index in [1.54, 1.807) is 0 Å². The number of nitrogens with two attached hydrogens (primary N) is 1. The Bertz CT molecular complexity index is 256. The summed E-state index contributed by atoms with van der Waals surface area (Å²) in [7, 11) is 0. The monoisotopic (exact) mass is 214 g/mol. The van der Waals surface area contributed by atoms with E-state index in [-0.39, 0.29) is 11.3 Å². The van der Waals surface area contributed by atoms with Gasteiger partial charge in [-0.1, -0.05) is 6.42 Å². The molecule has 1 unspecified atom stereocenters. The maximum atomic E-state index is 11.5. The fourth-order valence-electron chi connectivity index (χ4n) is 1.82. The number of carboxylic acids is 1. The van der Waals surface area contributed by atoms with Gasteiger partial charge < -0.3 is 16.2 Å². The van der Waals surface area contributed by atoms with Crippen molar-refractivity contribution in [1.29, 1.82) is 0 Å². The second kappa shape index (κ2) is 4.61. The van der Waals surface area contributed by atoms with Crippen LogP contribution in [0, 0.1) is 5.41 Å². The molecule has 0 aliphatic heterocycles. The fraction of sp³-hybridized carbons (Fsp3) is 0.800. The highest BCUT2D eigenvalue weighted by Gasteiger charge is 2.37. The first-order chi connectivity index (χ1) is 6.99. The molecule has 1 aliphatic carbocycles. The van der Waals surface area contributed by atoms with E-state index in [0.29, 0.717) is 13.0 Å². The molecule has 0 saturated heterocycles. The van der Waals surface area contributed by atoms with E-state index in [1.165, 1.54) is 6.92 Å². The minimum Gasteiger partial charge on any atom is -0.480 e. The third kappa shape index (κ3) is 2.92. The molecule has 4 N–H and O–H groups in total. The van der Waals surface area contributed by atoms with Gasteiger partial charge in [-0.15, -0.1) is 0 Å². The zero-order valence-electron chi connectivity index (χ0n) is 8.95. The molecule has 0 spiro atoms. The summed E-state index contributed by atoms with van der Waals surface area (Å²) in [6.07, 6.45) is 3.40. The average Bonchev–Trinajstić information content (AvgIpc) is 2.11. The Hall–Kier alpha value is -1.10. The number of aliphatic carboxylic acids is 1. The molecule has 1 saturated carbocycles. The van der Waals surface area contributed by atoms with Crippen LogP contribution < -0.4 is 11.1 Å². The zero-order chi connectivity index (χ0) is 11.5. The Kier molecular flexibility index (Phi) is 3.68. The van der Waals surface area contributed by atoms with Crippen molar-refractivity contribution in [2.75, 3.05) is 6.54 Å². The van der Waals surface area contributed by atoms with Gasteiger partial charge in [0.1, 0.15) is 6.04 Å². The normalized spacial score (nSPS) is 20.1. The van der Waals surface area contributed by atoms with E-state index in [0.717, 1.165) is 19.3 Å². The first-order valence-electron chi connectivity index (χ1n) is 5.21. The van der Waals surface area contributed by atoms with E-state index in [4.69, 9.17) is 10.8 Å². The largest absolute Gasteiger partial charge is 0.480 e. The van der Waals surface area contributed by atoms with E-state index >= 15 is 0 Å². The van der Waals surface area contributed by atoms with E-state index in [2.05, 4.69) is 5.32 Å². The Balaban J connectivity index is 2.38. The first kappa shape index (κ1) is 12.0. The summed E-state index contributed by atoms with van der Waals surface area (Å²) in [5, 5.41) is 11.1. The van der Waals surface area contributed by atoms with Crippen LogP contribution in [0.2, 0.25) is 0 Å². The molecular weight excluding hydrogens is 196 g/mol. The van der Waals surface area contributed by atoms with Gasteiger partial charge in [-0.05, 0) is 31.7 Å². The van der Waals surface area contributed by atoms with Gasteiger partial charge in [0.05, 0.1) is 0 Å². The second-order valence-corrected chi connectivity index (χ2v) is 4.36. The summed E-state index contributed by atoms with van der Waals surface area (Å²) >= 11 is 0. The number of amides is 1. The lowest BCUT2D eigenvalue weighted by atomic mass is 9.66. The molecule has 15 heavy (non-hydrogen) atoms. The summed E-state index contributed by atoms with van der Waals surface area (Å²) in [6, 6.07) is -0.826. The van der Waals surface area contributed by atoms with Crippen molar-refractivity contribution in [3.05, 3.63) is 0 Å². The molecule has 0 bridgehead atoms. The molecule has 1 aliphatic rings. The van der Waals surface area contributed by atoms with Gasteiger partial charge in [-0.2, -0.15) is 0 Å². The molecule has 1 fully saturated rings. The number of carboxylic acid groups (broad SMARTS) is 1. The summed E-state index contributed by atoms with van der Waals surface area (Å²) in [5.74, 6) is -1.23. The number of rotatable bonds is 5. The predicted molar refractivity (Wildman–Crippen MR) is 55.2 cm³/mol. The highest BCUT2D eigenvalue weighted by molar-refractivity contribution is 5.83. The van der Waals surface area contributed by atoms with Crippen LogP contribution in [0.5, 0.6) is 0 Å². The SMILES string of the molecule is CC(NC(=O)CC1(CN)CCC1)C(=O)O. The van der Waals surface area contributed by atoms with Gasteiger partial charge in [0.2, 0.25) is 5.91 Å². The van der Waals surface area contributed by atoms with Gasteiger partial charge >= 0.3 is 5.97 Å². The van der Waals surface area contributed by atoms with Crippen molar-refractivity contribution in [2.45, 2.75) is 38.6 Å². The van der Waals surface area contributed by atoms with Crippen LogP contribution in [0.3, 0.4) is 0 Å². The van der Waals surface area contributed by atoms with Crippen LogP contribution in [-0.2, 0) is 9.59 Å². The Morgan fingerprint density at radius 1 is 1.53 bits per heavy atom. The molecule has 5 nitrogen and oxygen atoms in total. The zero-order valence-corrected chi connectivity index (χ0v) is 8.95. The third-order valence-corrected chi connectivity index (χ3v) is 3.13. The van der Waals surface area contributed by atoms with Gasteiger partial charge in [-0.3, -0.25) is 9.59 Å². The third-order valence-electron chi connectivity index (χ3n) is 3.13. The molecular formula is C10H18N2O3. The van der Waals surface area contributed by atoms with Crippen molar-refractivity contribution < 1.29 is 14.7 Å². The average molecular weight is 214 g/mol. The van der Waals surface area contributed by atoms with Crippen molar-refractivity contribution in [1.82, 2.24) is 5.32 Å². The highest BCUT2D eigenvalue weighted by atomic mass is 16.4. The van der Waals surface area contributed by atoms with Crippen molar-refractivity contribution in [2.24, 2.45) is 11.1 Å². The maximum absolute atomic E-state index is 11.5. The Morgan fingerprint density at radius 3 is 2.47 bits per heavy atom. The second-order valence-electron chi connectivity index (χ2n) is 4.36.